The summed E-state index contributed by atoms with van der Waals surface area (Å²) in [4.78, 5) is 28.3. The fourth-order valence-electron chi connectivity index (χ4n) is 0.955. The van der Waals surface area contributed by atoms with Crippen molar-refractivity contribution >= 4 is 13.7 Å². The van der Waals surface area contributed by atoms with E-state index in [4.69, 9.17) is 9.79 Å². The molecule has 0 fully saturated rings. The number of carbonyl (C=O) groups is 1. The topological polar surface area (TPSA) is 116 Å². The van der Waals surface area contributed by atoms with E-state index in [0.717, 1.165) is 0 Å². The summed E-state index contributed by atoms with van der Waals surface area (Å²) in [6.45, 7) is 4.59. The molecule has 0 aliphatic rings. The van der Waals surface area contributed by atoms with Gasteiger partial charge < -0.3 is 20.2 Å². The molecule has 0 heterocycles. The second-order valence-corrected chi connectivity index (χ2v) is 5.29. The first kappa shape index (κ1) is 15.5. The third-order valence-corrected chi connectivity index (χ3v) is 2.41. The molecular formula is C8H18NO6P. The van der Waals surface area contributed by atoms with Gasteiger partial charge in [-0.25, -0.2) is 4.57 Å². The lowest BCUT2D eigenvalue weighted by Crippen LogP contribution is -2.45. The van der Waals surface area contributed by atoms with Crippen LogP contribution in [0.2, 0.25) is 0 Å². The van der Waals surface area contributed by atoms with Crippen LogP contribution in [-0.2, 0) is 13.9 Å². The highest BCUT2D eigenvalue weighted by atomic mass is 31.2. The molecule has 0 spiro atoms. The Balaban J connectivity index is 4.41. The van der Waals surface area contributed by atoms with Gasteiger partial charge in [-0.2, -0.15) is 0 Å². The van der Waals surface area contributed by atoms with Gasteiger partial charge in [-0.3, -0.25) is 9.32 Å². The number of likely N-dealkylation sites (N-methyl/N-ethyl adjacent to an activating group) is 1. The van der Waals surface area contributed by atoms with Gasteiger partial charge in [0.25, 0.3) is 0 Å². The average Bonchev–Trinajstić information content (AvgIpc) is 2.13. The fraction of sp³-hybridized carbons (Fsp3) is 0.875. The molecule has 1 amide bonds. The molecule has 0 rings (SSSR count). The van der Waals surface area contributed by atoms with Crippen molar-refractivity contribution < 1.29 is 28.8 Å². The third kappa shape index (κ3) is 5.58. The van der Waals surface area contributed by atoms with Crippen LogP contribution in [0.4, 0.5) is 0 Å². The van der Waals surface area contributed by atoms with Gasteiger partial charge in [-0.1, -0.05) is 13.8 Å². The number of aliphatic hydroxyl groups excluding tert-OH is 1. The van der Waals surface area contributed by atoms with Gasteiger partial charge in [0.2, 0.25) is 5.91 Å². The monoisotopic (exact) mass is 255 g/mol. The predicted octanol–water partition coefficient (Wildman–Crippen LogP) is -0.381. The fourth-order valence-corrected chi connectivity index (χ4v) is 1.46. The Morgan fingerprint density at radius 1 is 1.50 bits per heavy atom. The Kier molecular flexibility index (Phi) is 5.58. The van der Waals surface area contributed by atoms with Crippen molar-refractivity contribution in [2.24, 2.45) is 5.41 Å². The molecule has 8 heteroatoms. The van der Waals surface area contributed by atoms with Crippen molar-refractivity contribution in [2.75, 3.05) is 13.2 Å². The Labute approximate surface area is 94.1 Å². The van der Waals surface area contributed by atoms with E-state index in [1.165, 1.54) is 13.8 Å². The van der Waals surface area contributed by atoms with Crippen LogP contribution in [0.5, 0.6) is 0 Å². The van der Waals surface area contributed by atoms with Gasteiger partial charge in [0, 0.05) is 12.0 Å². The normalized spacial score (nSPS) is 14.6. The van der Waals surface area contributed by atoms with Crippen molar-refractivity contribution in [1.29, 1.82) is 0 Å². The zero-order valence-corrected chi connectivity index (χ0v) is 10.4. The van der Waals surface area contributed by atoms with Gasteiger partial charge in [0.05, 0.1) is 6.61 Å². The van der Waals surface area contributed by atoms with Crippen LogP contribution in [0.25, 0.3) is 0 Å². The van der Waals surface area contributed by atoms with E-state index < -0.39 is 31.9 Å². The Hall–Kier alpha value is -0.460. The SMILES string of the molecule is CCNC(=O)[C@H](O)C(C)(C)COP(=O)(O)O. The number of nitrogens with one attached hydrogen (secondary N) is 1. The maximum Gasteiger partial charge on any atom is 0.469 e. The lowest BCUT2D eigenvalue weighted by Gasteiger charge is -2.29. The van der Waals surface area contributed by atoms with Gasteiger partial charge >= 0.3 is 7.82 Å². The quantitative estimate of drug-likeness (QED) is 0.481. The number of amides is 1. The maximum atomic E-state index is 11.3. The summed E-state index contributed by atoms with van der Waals surface area (Å²) in [5.41, 5.74) is -1.08. The Morgan fingerprint density at radius 2 is 2.00 bits per heavy atom. The highest BCUT2D eigenvalue weighted by molar-refractivity contribution is 7.46. The Bertz CT molecular complexity index is 286. The van der Waals surface area contributed by atoms with Crippen LogP contribution in [-0.4, -0.2) is 40.1 Å². The zero-order chi connectivity index (χ0) is 13.0. The molecule has 0 aromatic heterocycles. The number of rotatable bonds is 6. The molecule has 0 aliphatic carbocycles. The molecule has 7 nitrogen and oxygen atoms in total. The smallest absolute Gasteiger partial charge is 0.383 e. The van der Waals surface area contributed by atoms with Gasteiger partial charge in [-0.15, -0.1) is 0 Å². The average molecular weight is 255 g/mol. The summed E-state index contributed by atoms with van der Waals surface area (Å²) < 4.78 is 14.8. The first-order valence-electron chi connectivity index (χ1n) is 4.76. The molecule has 1 atom stereocenters. The molecule has 0 aromatic carbocycles. The van der Waals surface area contributed by atoms with E-state index in [0.29, 0.717) is 6.54 Å². The second-order valence-electron chi connectivity index (χ2n) is 4.05. The highest BCUT2D eigenvalue weighted by Gasteiger charge is 2.35. The summed E-state index contributed by atoms with van der Waals surface area (Å²) in [5.74, 6) is -0.596. The standard InChI is InChI=1S/C8H18NO6P/c1-4-9-7(11)6(10)8(2,3)5-15-16(12,13)14/h6,10H,4-5H2,1-3H3,(H,9,11)(H2,12,13,14)/t6-/m0/s1. The van der Waals surface area contributed by atoms with Crippen LogP contribution < -0.4 is 5.32 Å². The summed E-state index contributed by atoms with van der Waals surface area (Å²) >= 11 is 0. The lowest BCUT2D eigenvalue weighted by atomic mass is 9.87. The van der Waals surface area contributed by atoms with Gasteiger partial charge in [0.1, 0.15) is 6.10 Å². The Morgan fingerprint density at radius 3 is 2.38 bits per heavy atom. The molecule has 0 aliphatic heterocycles. The summed E-state index contributed by atoms with van der Waals surface area (Å²) in [5, 5.41) is 12.0. The molecule has 4 N–H and O–H groups in total. The van der Waals surface area contributed by atoms with Crippen LogP contribution in [0, 0.1) is 5.41 Å². The summed E-state index contributed by atoms with van der Waals surface area (Å²) in [6.07, 6.45) is -1.39. The van der Waals surface area contributed by atoms with E-state index in [1.54, 1.807) is 6.92 Å². The van der Waals surface area contributed by atoms with Crippen LogP contribution in [0.3, 0.4) is 0 Å². The summed E-state index contributed by atoms with van der Waals surface area (Å²) in [6, 6.07) is 0. The molecule has 0 saturated heterocycles. The number of carbonyl (C=O) groups excluding carboxylic acids is 1. The minimum absolute atomic E-state index is 0.366. The molecule has 0 radical (unpaired) electrons. The summed E-state index contributed by atoms with van der Waals surface area (Å²) in [7, 11) is -4.59. The van der Waals surface area contributed by atoms with Crippen LogP contribution in [0.15, 0.2) is 0 Å². The minimum atomic E-state index is -4.59. The molecule has 0 bridgehead atoms. The lowest BCUT2D eigenvalue weighted by molar-refractivity contribution is -0.136. The number of hydrogen-bond donors (Lipinski definition) is 4. The first-order valence-corrected chi connectivity index (χ1v) is 6.29. The van der Waals surface area contributed by atoms with Gasteiger partial charge in [0.15, 0.2) is 0 Å². The molecule has 0 saturated carbocycles. The number of aliphatic hydroxyl groups is 1. The van der Waals surface area contributed by atoms with E-state index in [1.807, 2.05) is 0 Å². The second kappa shape index (κ2) is 5.75. The van der Waals surface area contributed by atoms with Crippen LogP contribution >= 0.6 is 7.82 Å². The van der Waals surface area contributed by atoms with Crippen molar-refractivity contribution in [1.82, 2.24) is 5.32 Å². The predicted molar refractivity (Wildman–Crippen MR) is 56.5 cm³/mol. The van der Waals surface area contributed by atoms with E-state index >= 15 is 0 Å². The molecule has 96 valence electrons. The maximum absolute atomic E-state index is 11.3. The minimum Gasteiger partial charge on any atom is -0.383 e. The number of phosphoric ester groups is 1. The third-order valence-electron chi connectivity index (χ3n) is 1.94. The van der Waals surface area contributed by atoms with E-state index in [9.17, 15) is 14.5 Å². The van der Waals surface area contributed by atoms with E-state index in [-0.39, 0.29) is 0 Å². The van der Waals surface area contributed by atoms with Gasteiger partial charge in [-0.05, 0) is 6.92 Å². The zero-order valence-electron chi connectivity index (χ0n) is 9.51. The van der Waals surface area contributed by atoms with Crippen molar-refractivity contribution in [3.8, 4) is 0 Å². The molecule has 0 aromatic rings. The number of phosphoric acid groups is 1. The largest absolute Gasteiger partial charge is 0.469 e. The van der Waals surface area contributed by atoms with Crippen molar-refractivity contribution in [3.63, 3.8) is 0 Å². The first-order chi connectivity index (χ1) is 7.10. The molecule has 0 unspecified atom stereocenters. The molecular weight excluding hydrogens is 237 g/mol. The number of hydrogen-bond acceptors (Lipinski definition) is 4. The van der Waals surface area contributed by atoms with Crippen LogP contribution in [0.1, 0.15) is 20.8 Å². The molecule has 16 heavy (non-hydrogen) atoms. The van der Waals surface area contributed by atoms with E-state index in [2.05, 4.69) is 9.84 Å². The van der Waals surface area contributed by atoms with Crippen molar-refractivity contribution in [2.45, 2.75) is 26.9 Å². The highest BCUT2D eigenvalue weighted by Crippen LogP contribution is 2.38. The van der Waals surface area contributed by atoms with Crippen molar-refractivity contribution in [3.05, 3.63) is 0 Å².